The van der Waals surface area contributed by atoms with Crippen LogP contribution in [0, 0.1) is 0 Å². The monoisotopic (exact) mass is 408 g/mol. The lowest BCUT2D eigenvalue weighted by molar-refractivity contribution is -0.138. The van der Waals surface area contributed by atoms with Gasteiger partial charge in [-0.25, -0.2) is 0 Å². The van der Waals surface area contributed by atoms with Crippen LogP contribution in [0.1, 0.15) is 32.3 Å². The normalized spacial score (nSPS) is 16.8. The van der Waals surface area contributed by atoms with Gasteiger partial charge in [-0.2, -0.15) is 13.2 Å². The van der Waals surface area contributed by atoms with Gasteiger partial charge in [-0.3, -0.25) is 19.7 Å². The predicted molar refractivity (Wildman–Crippen MR) is 97.6 cm³/mol. The van der Waals surface area contributed by atoms with Crippen molar-refractivity contribution in [2.75, 3.05) is 7.05 Å². The molecule has 146 valence electrons. The molecule has 0 bridgehead atoms. The zero-order valence-corrected chi connectivity index (χ0v) is 15.4. The quantitative estimate of drug-likeness (QED) is 0.831. The van der Waals surface area contributed by atoms with Gasteiger partial charge in [0.1, 0.15) is 5.25 Å². The first kappa shape index (κ1) is 19.9. The highest BCUT2D eigenvalue weighted by Gasteiger charge is 2.34. The summed E-state index contributed by atoms with van der Waals surface area (Å²) in [5, 5.41) is 1.08. The molecule has 1 unspecified atom stereocenters. The van der Waals surface area contributed by atoms with Crippen LogP contribution >= 0.6 is 11.8 Å². The molecule has 0 aliphatic carbocycles. The van der Waals surface area contributed by atoms with Gasteiger partial charge in [-0.15, -0.1) is 0 Å². The molecule has 0 saturated carbocycles. The molecule has 1 saturated heterocycles. The van der Waals surface area contributed by atoms with Crippen molar-refractivity contribution in [1.82, 2.24) is 10.2 Å². The second kappa shape index (κ2) is 7.67. The first-order valence-electron chi connectivity index (χ1n) is 8.19. The van der Waals surface area contributed by atoms with Crippen molar-refractivity contribution in [2.24, 2.45) is 0 Å². The fraction of sp³-hybridized carbons (Fsp3) is 0.211. The van der Waals surface area contributed by atoms with Gasteiger partial charge in [-0.1, -0.05) is 30.3 Å². The molecule has 0 aromatic heterocycles. The van der Waals surface area contributed by atoms with Gasteiger partial charge in [0.25, 0.3) is 11.1 Å². The van der Waals surface area contributed by atoms with E-state index >= 15 is 0 Å². The van der Waals surface area contributed by atoms with Crippen molar-refractivity contribution in [3.05, 3.63) is 70.8 Å². The number of nitrogens with zero attached hydrogens (tertiary/aromatic N) is 1. The zero-order valence-electron chi connectivity index (χ0n) is 14.6. The summed E-state index contributed by atoms with van der Waals surface area (Å²) >= 11 is 0.852. The SMILES string of the molecule is CN(Cc1ccccc1C(F)(F)F)C(=O)c1ccc(C2SC(=O)NC2=O)cc1. The van der Waals surface area contributed by atoms with E-state index in [-0.39, 0.29) is 17.7 Å². The number of amides is 3. The molecule has 28 heavy (non-hydrogen) atoms. The fourth-order valence-electron chi connectivity index (χ4n) is 2.86. The highest BCUT2D eigenvalue weighted by atomic mass is 32.2. The van der Waals surface area contributed by atoms with Gasteiger partial charge < -0.3 is 4.90 Å². The van der Waals surface area contributed by atoms with Crippen molar-refractivity contribution < 1.29 is 27.6 Å². The summed E-state index contributed by atoms with van der Waals surface area (Å²) in [7, 11) is 1.42. The molecular weight excluding hydrogens is 393 g/mol. The van der Waals surface area contributed by atoms with Gasteiger partial charge in [0.15, 0.2) is 0 Å². The van der Waals surface area contributed by atoms with Crippen molar-refractivity contribution in [2.45, 2.75) is 18.0 Å². The Kier molecular flexibility index (Phi) is 5.46. The fourth-order valence-corrected chi connectivity index (χ4v) is 3.69. The van der Waals surface area contributed by atoms with E-state index in [0.717, 1.165) is 17.8 Å². The summed E-state index contributed by atoms with van der Waals surface area (Å²) in [5.41, 5.74) is 0.0550. The maximum absolute atomic E-state index is 13.1. The smallest absolute Gasteiger partial charge is 0.337 e. The van der Waals surface area contributed by atoms with E-state index in [1.807, 2.05) is 0 Å². The molecular formula is C19H15F3N2O3S. The summed E-state index contributed by atoms with van der Waals surface area (Å²) in [6.07, 6.45) is -4.50. The average molecular weight is 408 g/mol. The van der Waals surface area contributed by atoms with Gasteiger partial charge >= 0.3 is 6.18 Å². The molecule has 2 aromatic rings. The number of hydrogen-bond acceptors (Lipinski definition) is 4. The van der Waals surface area contributed by atoms with Gasteiger partial charge in [0.05, 0.1) is 5.56 Å². The number of alkyl halides is 3. The molecule has 1 aliphatic heterocycles. The van der Waals surface area contributed by atoms with E-state index in [4.69, 9.17) is 0 Å². The lowest BCUT2D eigenvalue weighted by atomic mass is 10.1. The van der Waals surface area contributed by atoms with E-state index in [1.165, 1.54) is 42.3 Å². The highest BCUT2D eigenvalue weighted by Crippen LogP contribution is 2.34. The van der Waals surface area contributed by atoms with E-state index in [0.29, 0.717) is 5.56 Å². The molecule has 1 aliphatic rings. The number of benzene rings is 2. The average Bonchev–Trinajstić information content (AvgIpc) is 2.99. The number of carbonyl (C=O) groups is 3. The molecule has 5 nitrogen and oxygen atoms in total. The maximum Gasteiger partial charge on any atom is 0.416 e. The molecule has 1 atom stereocenters. The Balaban J connectivity index is 1.74. The van der Waals surface area contributed by atoms with Crippen LogP contribution in [0.2, 0.25) is 0 Å². The Morgan fingerprint density at radius 3 is 2.32 bits per heavy atom. The molecule has 3 amide bonds. The third-order valence-electron chi connectivity index (χ3n) is 4.23. The van der Waals surface area contributed by atoms with Crippen molar-refractivity contribution in [3.8, 4) is 0 Å². The second-order valence-corrected chi connectivity index (χ2v) is 7.29. The van der Waals surface area contributed by atoms with Crippen LogP contribution in [0.15, 0.2) is 48.5 Å². The number of rotatable bonds is 4. The molecule has 1 heterocycles. The van der Waals surface area contributed by atoms with Crippen LogP contribution in [-0.2, 0) is 17.5 Å². The third kappa shape index (κ3) is 4.19. The Morgan fingerprint density at radius 2 is 1.75 bits per heavy atom. The Bertz CT molecular complexity index is 929. The van der Waals surface area contributed by atoms with Crippen LogP contribution in [0.3, 0.4) is 0 Å². The summed E-state index contributed by atoms with van der Waals surface area (Å²) in [6.45, 7) is -0.203. The van der Waals surface area contributed by atoms with Gasteiger partial charge in [0, 0.05) is 19.2 Å². The lowest BCUT2D eigenvalue weighted by Gasteiger charge is -2.20. The van der Waals surface area contributed by atoms with Crippen molar-refractivity contribution in [1.29, 1.82) is 0 Å². The lowest BCUT2D eigenvalue weighted by Crippen LogP contribution is -2.27. The summed E-state index contributed by atoms with van der Waals surface area (Å²) in [6, 6.07) is 11.2. The number of halogens is 3. The van der Waals surface area contributed by atoms with Crippen LogP contribution in [0.25, 0.3) is 0 Å². The maximum atomic E-state index is 13.1. The molecule has 1 N–H and O–H groups in total. The summed E-state index contributed by atoms with van der Waals surface area (Å²) in [4.78, 5) is 36.7. The van der Waals surface area contributed by atoms with E-state index in [1.54, 1.807) is 12.1 Å². The van der Waals surface area contributed by atoms with Crippen LogP contribution < -0.4 is 5.32 Å². The van der Waals surface area contributed by atoms with Gasteiger partial charge in [-0.05, 0) is 41.1 Å². The number of nitrogens with one attached hydrogen (secondary N) is 1. The Morgan fingerprint density at radius 1 is 1.11 bits per heavy atom. The summed E-state index contributed by atoms with van der Waals surface area (Å²) < 4.78 is 39.3. The first-order chi connectivity index (χ1) is 13.2. The molecule has 3 rings (SSSR count). The van der Waals surface area contributed by atoms with E-state index in [2.05, 4.69) is 5.32 Å². The minimum absolute atomic E-state index is 0.00000856. The topological polar surface area (TPSA) is 66.5 Å². The molecule has 0 radical (unpaired) electrons. The third-order valence-corrected chi connectivity index (χ3v) is 5.26. The Labute approximate surface area is 162 Å². The number of carbonyl (C=O) groups excluding carboxylic acids is 3. The van der Waals surface area contributed by atoms with Crippen molar-refractivity contribution in [3.63, 3.8) is 0 Å². The Hall–Kier alpha value is -2.81. The van der Waals surface area contributed by atoms with E-state index < -0.39 is 34.0 Å². The number of thioether (sulfide) groups is 1. The minimum Gasteiger partial charge on any atom is -0.337 e. The number of hydrogen-bond donors (Lipinski definition) is 1. The predicted octanol–water partition coefficient (Wildman–Crippen LogP) is 4.00. The van der Waals surface area contributed by atoms with Crippen molar-refractivity contribution >= 4 is 28.8 Å². The first-order valence-corrected chi connectivity index (χ1v) is 9.07. The minimum atomic E-state index is -4.50. The zero-order chi connectivity index (χ0) is 20.5. The highest BCUT2D eigenvalue weighted by molar-refractivity contribution is 8.15. The van der Waals surface area contributed by atoms with Crippen LogP contribution in [0.5, 0.6) is 0 Å². The molecule has 9 heteroatoms. The van der Waals surface area contributed by atoms with Crippen LogP contribution in [-0.4, -0.2) is 29.0 Å². The van der Waals surface area contributed by atoms with Crippen LogP contribution in [0.4, 0.5) is 18.0 Å². The van der Waals surface area contributed by atoms with Gasteiger partial charge in [0.2, 0.25) is 5.91 Å². The summed E-state index contributed by atoms with van der Waals surface area (Å²) in [5.74, 6) is -0.877. The number of imide groups is 1. The van der Waals surface area contributed by atoms with E-state index in [9.17, 15) is 27.6 Å². The molecule has 0 spiro atoms. The second-order valence-electron chi connectivity index (χ2n) is 6.21. The molecule has 1 fully saturated rings. The molecule has 2 aromatic carbocycles. The standard InChI is InChI=1S/C19H15F3N2O3S/c1-24(10-13-4-2-3-5-14(13)19(20,21)22)17(26)12-8-6-11(7-9-12)15-16(25)23-18(27)28-15/h2-9,15H,10H2,1H3,(H,23,25,27). The largest absolute Gasteiger partial charge is 0.416 e.